The van der Waals surface area contributed by atoms with Gasteiger partial charge in [0.05, 0.1) is 0 Å². The smallest absolute Gasteiger partial charge is 0.254 e. The first kappa shape index (κ1) is 25.6. The van der Waals surface area contributed by atoms with Gasteiger partial charge in [-0.1, -0.05) is 48.5 Å². The highest BCUT2D eigenvalue weighted by Crippen LogP contribution is 2.33. The number of Topliss-reactive ketones (excluding diaryl/α,β-unsaturated/α-hetero) is 1. The molecule has 6 heteroatoms. The van der Waals surface area contributed by atoms with Crippen LogP contribution in [0.2, 0.25) is 0 Å². The molecule has 0 aliphatic carbocycles. The van der Waals surface area contributed by atoms with E-state index in [4.69, 9.17) is 9.47 Å². The Morgan fingerprint density at radius 3 is 2.23 bits per heavy atom. The molecule has 0 spiro atoms. The zero-order chi connectivity index (χ0) is 26.8. The van der Waals surface area contributed by atoms with Gasteiger partial charge in [-0.3, -0.25) is 9.59 Å². The van der Waals surface area contributed by atoms with E-state index in [1.807, 2.05) is 60.4 Å². The molecule has 0 saturated carbocycles. The molecule has 2 fully saturated rings. The first-order valence-electron chi connectivity index (χ1n) is 14.2. The molecular formula is C33H36N2O4. The van der Waals surface area contributed by atoms with Gasteiger partial charge >= 0.3 is 0 Å². The van der Waals surface area contributed by atoms with Crippen LogP contribution in [0.15, 0.2) is 66.7 Å². The topological polar surface area (TPSA) is 59.1 Å². The van der Waals surface area contributed by atoms with E-state index >= 15 is 0 Å². The largest absolute Gasteiger partial charge is 0.454 e. The molecule has 6 nitrogen and oxygen atoms in total. The zero-order valence-corrected chi connectivity index (χ0v) is 22.6. The standard InChI is InChI=1S/C33H36N2O4/c1-23-4-2-3-5-29(23)33(37)35-18-14-28(15-19-35)34-16-12-27(13-17-34)32(36)26-9-6-24(7-10-26)20-25-8-11-30-31(21-25)39-22-38-30/h2-11,21,27-28H,12-20,22H2,1H3. The summed E-state index contributed by atoms with van der Waals surface area (Å²) in [5, 5.41) is 0. The van der Waals surface area contributed by atoms with Crippen molar-refractivity contribution >= 4 is 11.7 Å². The third-order valence-corrected chi connectivity index (χ3v) is 8.63. The molecule has 3 aromatic rings. The molecule has 3 aromatic carbocycles. The van der Waals surface area contributed by atoms with Crippen LogP contribution in [0.5, 0.6) is 11.5 Å². The Morgan fingerprint density at radius 1 is 0.795 bits per heavy atom. The normalized spacial score (nSPS) is 18.3. The number of amides is 1. The summed E-state index contributed by atoms with van der Waals surface area (Å²) in [5.74, 6) is 2.10. The first-order valence-corrected chi connectivity index (χ1v) is 14.2. The van der Waals surface area contributed by atoms with E-state index in [1.54, 1.807) is 0 Å². The van der Waals surface area contributed by atoms with Gasteiger partial charge in [-0.25, -0.2) is 0 Å². The molecule has 0 aromatic heterocycles. The van der Waals surface area contributed by atoms with Crippen LogP contribution in [0, 0.1) is 12.8 Å². The zero-order valence-electron chi connectivity index (χ0n) is 22.6. The molecule has 0 bridgehead atoms. The van der Waals surface area contributed by atoms with Crippen molar-refractivity contribution in [3.05, 3.63) is 94.5 Å². The SMILES string of the molecule is Cc1ccccc1C(=O)N1CCC(N2CCC(C(=O)c3ccc(Cc4ccc5c(c4)OCO5)cc3)CC2)CC1. The molecule has 3 aliphatic heterocycles. The van der Waals surface area contributed by atoms with E-state index in [-0.39, 0.29) is 24.4 Å². The van der Waals surface area contributed by atoms with Crippen LogP contribution in [0.4, 0.5) is 0 Å². The summed E-state index contributed by atoms with van der Waals surface area (Å²) in [7, 11) is 0. The number of piperidine rings is 2. The van der Waals surface area contributed by atoms with Crippen LogP contribution in [0.3, 0.4) is 0 Å². The predicted molar refractivity (Wildman–Crippen MR) is 151 cm³/mol. The number of ether oxygens (including phenoxy) is 2. The molecule has 0 unspecified atom stereocenters. The summed E-state index contributed by atoms with van der Waals surface area (Å²) in [6.07, 6.45) is 4.60. The summed E-state index contributed by atoms with van der Waals surface area (Å²) >= 11 is 0. The van der Waals surface area contributed by atoms with E-state index < -0.39 is 0 Å². The molecule has 202 valence electrons. The Balaban J connectivity index is 0.980. The van der Waals surface area contributed by atoms with Gasteiger partial charge in [-0.2, -0.15) is 0 Å². The predicted octanol–water partition coefficient (Wildman–Crippen LogP) is 5.51. The fourth-order valence-electron chi connectivity index (χ4n) is 6.25. The monoisotopic (exact) mass is 524 g/mol. The maximum Gasteiger partial charge on any atom is 0.254 e. The van der Waals surface area contributed by atoms with Gasteiger partial charge in [0.2, 0.25) is 6.79 Å². The Labute approximate surface area is 230 Å². The first-order chi connectivity index (χ1) is 19.0. The molecule has 3 aliphatic rings. The molecular weight excluding hydrogens is 488 g/mol. The summed E-state index contributed by atoms with van der Waals surface area (Å²) < 4.78 is 10.9. The van der Waals surface area contributed by atoms with Crippen LogP contribution in [0.25, 0.3) is 0 Å². The highest BCUT2D eigenvalue weighted by atomic mass is 16.7. The van der Waals surface area contributed by atoms with Crippen molar-refractivity contribution in [2.24, 2.45) is 5.92 Å². The average Bonchev–Trinajstić information content (AvgIpc) is 3.45. The summed E-state index contributed by atoms with van der Waals surface area (Å²) in [4.78, 5) is 30.8. The number of hydrogen-bond donors (Lipinski definition) is 0. The van der Waals surface area contributed by atoms with Gasteiger partial charge in [0, 0.05) is 36.2 Å². The number of likely N-dealkylation sites (tertiary alicyclic amines) is 2. The lowest BCUT2D eigenvalue weighted by atomic mass is 9.87. The Kier molecular flexibility index (Phi) is 7.38. The number of hydrogen-bond acceptors (Lipinski definition) is 5. The third kappa shape index (κ3) is 5.57. The number of benzene rings is 3. The van der Waals surface area contributed by atoms with E-state index in [0.717, 1.165) is 92.0 Å². The highest BCUT2D eigenvalue weighted by Gasteiger charge is 2.32. The molecule has 3 heterocycles. The molecule has 6 rings (SSSR count). The summed E-state index contributed by atoms with van der Waals surface area (Å²) in [5.41, 5.74) is 5.00. The Hall–Kier alpha value is -3.64. The molecule has 0 N–H and O–H groups in total. The van der Waals surface area contributed by atoms with Crippen molar-refractivity contribution in [2.45, 2.75) is 45.1 Å². The number of carbonyl (C=O) groups excluding carboxylic acids is 2. The van der Waals surface area contributed by atoms with Crippen molar-refractivity contribution in [3.8, 4) is 11.5 Å². The average molecular weight is 525 g/mol. The van der Waals surface area contributed by atoms with Gasteiger partial charge in [0.1, 0.15) is 0 Å². The number of ketones is 1. The molecule has 1 amide bonds. The molecule has 2 saturated heterocycles. The van der Waals surface area contributed by atoms with E-state index in [2.05, 4.69) is 23.1 Å². The van der Waals surface area contributed by atoms with Gasteiger partial charge in [-0.05, 0) is 87.0 Å². The quantitative estimate of drug-likeness (QED) is 0.398. The maximum atomic E-state index is 13.3. The van der Waals surface area contributed by atoms with Gasteiger partial charge in [-0.15, -0.1) is 0 Å². The van der Waals surface area contributed by atoms with Crippen LogP contribution < -0.4 is 9.47 Å². The fraction of sp³-hybridized carbons (Fsp3) is 0.394. The Bertz CT molecular complexity index is 1340. The molecule has 0 radical (unpaired) electrons. The molecule has 39 heavy (non-hydrogen) atoms. The second-order valence-electron chi connectivity index (χ2n) is 11.1. The minimum absolute atomic E-state index is 0.0867. The van der Waals surface area contributed by atoms with Crippen LogP contribution in [-0.4, -0.2) is 60.5 Å². The Morgan fingerprint density at radius 2 is 1.49 bits per heavy atom. The van der Waals surface area contributed by atoms with E-state index in [0.29, 0.717) is 6.04 Å². The lowest BCUT2D eigenvalue weighted by molar-refractivity contribution is 0.0526. The summed E-state index contributed by atoms with van der Waals surface area (Å²) in [6, 6.07) is 22.5. The number of carbonyl (C=O) groups is 2. The number of aryl methyl sites for hydroxylation is 1. The van der Waals surface area contributed by atoms with Gasteiger partial charge in [0.15, 0.2) is 17.3 Å². The van der Waals surface area contributed by atoms with E-state index in [9.17, 15) is 9.59 Å². The van der Waals surface area contributed by atoms with Crippen molar-refractivity contribution < 1.29 is 19.1 Å². The van der Waals surface area contributed by atoms with Crippen molar-refractivity contribution in [1.29, 1.82) is 0 Å². The van der Waals surface area contributed by atoms with Crippen molar-refractivity contribution in [3.63, 3.8) is 0 Å². The van der Waals surface area contributed by atoms with Crippen molar-refractivity contribution in [1.82, 2.24) is 9.80 Å². The van der Waals surface area contributed by atoms with Crippen molar-refractivity contribution in [2.75, 3.05) is 33.0 Å². The highest BCUT2D eigenvalue weighted by molar-refractivity contribution is 5.98. The number of rotatable bonds is 6. The summed E-state index contributed by atoms with van der Waals surface area (Å²) in [6.45, 7) is 5.79. The maximum absolute atomic E-state index is 13.3. The van der Waals surface area contributed by atoms with Gasteiger partial charge < -0.3 is 19.3 Å². The lowest BCUT2D eigenvalue weighted by Gasteiger charge is -2.41. The third-order valence-electron chi connectivity index (χ3n) is 8.63. The second kappa shape index (κ2) is 11.2. The minimum atomic E-state index is 0.0867. The minimum Gasteiger partial charge on any atom is -0.454 e. The van der Waals surface area contributed by atoms with Crippen LogP contribution in [0.1, 0.15) is 63.1 Å². The number of fused-ring (bicyclic) bond motifs is 1. The lowest BCUT2D eigenvalue weighted by Crippen LogP contribution is -2.49. The van der Waals surface area contributed by atoms with E-state index in [1.165, 1.54) is 5.56 Å². The van der Waals surface area contributed by atoms with Crippen LogP contribution in [-0.2, 0) is 6.42 Å². The fourth-order valence-corrected chi connectivity index (χ4v) is 6.25. The second-order valence-corrected chi connectivity index (χ2v) is 11.1. The van der Waals surface area contributed by atoms with Crippen LogP contribution >= 0.6 is 0 Å². The van der Waals surface area contributed by atoms with Gasteiger partial charge in [0.25, 0.3) is 5.91 Å². The molecule has 0 atom stereocenters. The number of nitrogens with zero attached hydrogens (tertiary/aromatic N) is 2.